The van der Waals surface area contributed by atoms with Gasteiger partial charge in [0.25, 0.3) is 11.5 Å². The Balaban J connectivity index is 1.60. The largest absolute Gasteiger partial charge is 0.348 e. The number of anilines is 1. The fourth-order valence-electron chi connectivity index (χ4n) is 3.60. The highest BCUT2D eigenvalue weighted by molar-refractivity contribution is 5.94. The van der Waals surface area contributed by atoms with Gasteiger partial charge in [0.15, 0.2) is 0 Å². The molecule has 1 aromatic heterocycles. The molecule has 2 heterocycles. The van der Waals surface area contributed by atoms with Crippen LogP contribution in [0.5, 0.6) is 0 Å². The van der Waals surface area contributed by atoms with Crippen LogP contribution in [0.2, 0.25) is 0 Å². The number of hydrogen-bond acceptors (Lipinski definition) is 4. The van der Waals surface area contributed by atoms with Gasteiger partial charge in [-0.2, -0.15) is 0 Å². The SMILES string of the molecule is CC(CN1CCCCC1)NC(=O)c1cccn(CC(=O)Nc2ccc(F)cc2)c1=O. The average Bonchev–Trinajstić information content (AvgIpc) is 2.72. The van der Waals surface area contributed by atoms with Crippen LogP contribution < -0.4 is 16.2 Å². The molecule has 1 aromatic carbocycles. The van der Waals surface area contributed by atoms with Crippen LogP contribution in [0.15, 0.2) is 47.4 Å². The summed E-state index contributed by atoms with van der Waals surface area (Å²) in [6.07, 6.45) is 5.05. The van der Waals surface area contributed by atoms with Crippen LogP contribution in [0.1, 0.15) is 36.5 Å². The fraction of sp³-hybridized carbons (Fsp3) is 0.409. The zero-order valence-corrected chi connectivity index (χ0v) is 17.1. The van der Waals surface area contributed by atoms with Crippen LogP contribution in [0, 0.1) is 5.82 Å². The molecular formula is C22H27FN4O3. The van der Waals surface area contributed by atoms with Gasteiger partial charge in [-0.05, 0) is 69.3 Å². The van der Waals surface area contributed by atoms with E-state index in [4.69, 9.17) is 0 Å². The third-order valence-corrected chi connectivity index (χ3v) is 5.06. The van der Waals surface area contributed by atoms with Gasteiger partial charge in [-0.15, -0.1) is 0 Å². The summed E-state index contributed by atoms with van der Waals surface area (Å²) in [4.78, 5) is 39.8. The third-order valence-electron chi connectivity index (χ3n) is 5.06. The lowest BCUT2D eigenvalue weighted by Gasteiger charge is -2.29. The maximum Gasteiger partial charge on any atom is 0.263 e. The standard InChI is InChI=1S/C22H27FN4O3/c1-16(14-26-11-3-2-4-12-26)24-21(29)19-6-5-13-27(22(19)30)15-20(28)25-18-9-7-17(23)8-10-18/h5-10,13,16H,2-4,11-12,14-15H2,1H3,(H,24,29)(H,25,28). The number of nitrogens with zero attached hydrogens (tertiary/aromatic N) is 2. The molecule has 30 heavy (non-hydrogen) atoms. The van der Waals surface area contributed by atoms with Crippen LogP contribution in [0.4, 0.5) is 10.1 Å². The second-order valence-electron chi connectivity index (χ2n) is 7.65. The van der Waals surface area contributed by atoms with Crippen molar-refractivity contribution in [3.63, 3.8) is 0 Å². The van der Waals surface area contributed by atoms with Crippen LogP contribution >= 0.6 is 0 Å². The number of benzene rings is 1. The van der Waals surface area contributed by atoms with E-state index < -0.39 is 23.2 Å². The molecule has 1 fully saturated rings. The van der Waals surface area contributed by atoms with Crippen LogP contribution in [0.3, 0.4) is 0 Å². The predicted molar refractivity (Wildman–Crippen MR) is 113 cm³/mol. The Kier molecular flexibility index (Phi) is 7.35. The lowest BCUT2D eigenvalue weighted by Crippen LogP contribution is -2.45. The van der Waals surface area contributed by atoms with Crippen LogP contribution in [-0.4, -0.2) is 47.0 Å². The summed E-state index contributed by atoms with van der Waals surface area (Å²) in [7, 11) is 0. The maximum atomic E-state index is 13.0. The first kappa shape index (κ1) is 21.7. The molecule has 0 bridgehead atoms. The smallest absolute Gasteiger partial charge is 0.263 e. The molecule has 0 aliphatic carbocycles. The van der Waals surface area contributed by atoms with Gasteiger partial charge in [-0.25, -0.2) is 4.39 Å². The molecule has 0 radical (unpaired) electrons. The number of pyridine rings is 1. The van der Waals surface area contributed by atoms with Gasteiger partial charge in [0.1, 0.15) is 17.9 Å². The van der Waals surface area contributed by atoms with E-state index >= 15 is 0 Å². The number of halogens is 1. The molecule has 1 atom stereocenters. The van der Waals surface area contributed by atoms with Gasteiger partial charge in [0.05, 0.1) is 0 Å². The second-order valence-corrected chi connectivity index (χ2v) is 7.65. The van der Waals surface area contributed by atoms with E-state index in [-0.39, 0.29) is 18.2 Å². The zero-order valence-electron chi connectivity index (χ0n) is 17.1. The van der Waals surface area contributed by atoms with E-state index in [2.05, 4.69) is 15.5 Å². The third kappa shape index (κ3) is 6.00. The normalized spacial score (nSPS) is 15.4. The average molecular weight is 414 g/mol. The molecule has 2 aromatic rings. The number of carbonyl (C=O) groups is 2. The van der Waals surface area contributed by atoms with E-state index in [9.17, 15) is 18.8 Å². The van der Waals surface area contributed by atoms with Gasteiger partial charge in [0, 0.05) is 24.5 Å². The first-order valence-corrected chi connectivity index (χ1v) is 10.2. The maximum absolute atomic E-state index is 13.0. The number of likely N-dealkylation sites (tertiary alicyclic amines) is 1. The number of hydrogen-bond donors (Lipinski definition) is 2. The Morgan fingerprint density at radius 3 is 2.50 bits per heavy atom. The summed E-state index contributed by atoms with van der Waals surface area (Å²) in [5.74, 6) is -1.30. The minimum absolute atomic E-state index is 0.00224. The molecule has 2 N–H and O–H groups in total. The van der Waals surface area contributed by atoms with Crippen molar-refractivity contribution in [2.75, 3.05) is 25.0 Å². The molecule has 0 saturated carbocycles. The highest BCUT2D eigenvalue weighted by Crippen LogP contribution is 2.09. The molecule has 7 nitrogen and oxygen atoms in total. The predicted octanol–water partition coefficient (Wildman–Crippen LogP) is 2.23. The second kappa shape index (κ2) is 10.2. The highest BCUT2D eigenvalue weighted by Gasteiger charge is 2.18. The summed E-state index contributed by atoms with van der Waals surface area (Å²) in [5.41, 5.74) is -0.109. The minimum Gasteiger partial charge on any atom is -0.348 e. The van der Waals surface area contributed by atoms with Crippen molar-refractivity contribution in [1.29, 1.82) is 0 Å². The first-order valence-electron chi connectivity index (χ1n) is 10.2. The number of carbonyl (C=O) groups excluding carboxylic acids is 2. The van der Waals surface area contributed by atoms with Crippen molar-refractivity contribution < 1.29 is 14.0 Å². The summed E-state index contributed by atoms with van der Waals surface area (Å²) in [5, 5.41) is 5.48. The number of rotatable bonds is 7. The zero-order chi connectivity index (χ0) is 21.5. The number of aromatic nitrogens is 1. The summed E-state index contributed by atoms with van der Waals surface area (Å²) in [6, 6.07) is 8.27. The van der Waals surface area contributed by atoms with Crippen molar-refractivity contribution in [2.45, 2.75) is 38.8 Å². The van der Waals surface area contributed by atoms with Crippen LogP contribution in [-0.2, 0) is 11.3 Å². The highest BCUT2D eigenvalue weighted by atomic mass is 19.1. The number of amides is 2. The molecular weight excluding hydrogens is 387 g/mol. The summed E-state index contributed by atoms with van der Waals surface area (Å²) in [6.45, 7) is 4.47. The van der Waals surface area contributed by atoms with E-state index in [1.807, 2.05) is 6.92 Å². The number of nitrogens with one attached hydrogen (secondary N) is 2. The van der Waals surface area contributed by atoms with Crippen molar-refractivity contribution in [1.82, 2.24) is 14.8 Å². The van der Waals surface area contributed by atoms with E-state index in [0.29, 0.717) is 5.69 Å². The fourth-order valence-corrected chi connectivity index (χ4v) is 3.60. The summed E-state index contributed by atoms with van der Waals surface area (Å²) >= 11 is 0. The van der Waals surface area contributed by atoms with Gasteiger partial charge in [-0.3, -0.25) is 14.4 Å². The molecule has 8 heteroatoms. The van der Waals surface area contributed by atoms with Crippen molar-refractivity contribution in [3.8, 4) is 0 Å². The molecule has 0 spiro atoms. The molecule has 1 aliphatic heterocycles. The van der Waals surface area contributed by atoms with E-state index in [0.717, 1.165) is 19.6 Å². The quantitative estimate of drug-likeness (QED) is 0.728. The van der Waals surface area contributed by atoms with E-state index in [1.54, 1.807) is 6.07 Å². The topological polar surface area (TPSA) is 83.4 Å². The molecule has 2 amide bonds. The number of piperidine rings is 1. The van der Waals surface area contributed by atoms with Gasteiger partial charge < -0.3 is 20.1 Å². The van der Waals surface area contributed by atoms with Gasteiger partial charge >= 0.3 is 0 Å². The van der Waals surface area contributed by atoms with Crippen molar-refractivity contribution in [2.24, 2.45) is 0 Å². The van der Waals surface area contributed by atoms with Crippen LogP contribution in [0.25, 0.3) is 0 Å². The lowest BCUT2D eigenvalue weighted by molar-refractivity contribution is -0.116. The molecule has 3 rings (SSSR count). The Morgan fingerprint density at radius 2 is 1.80 bits per heavy atom. The lowest BCUT2D eigenvalue weighted by atomic mass is 10.1. The molecule has 1 aliphatic rings. The Bertz CT molecular complexity index is 936. The van der Waals surface area contributed by atoms with Crippen molar-refractivity contribution >= 4 is 17.5 Å². The van der Waals surface area contributed by atoms with Crippen molar-refractivity contribution in [3.05, 3.63) is 64.3 Å². The minimum atomic E-state index is -0.533. The van der Waals surface area contributed by atoms with Gasteiger partial charge in [0.2, 0.25) is 5.91 Å². The first-order chi connectivity index (χ1) is 14.4. The monoisotopic (exact) mass is 414 g/mol. The molecule has 1 unspecified atom stereocenters. The van der Waals surface area contributed by atoms with E-state index in [1.165, 1.54) is 60.4 Å². The molecule has 160 valence electrons. The Labute approximate surface area is 174 Å². The Morgan fingerprint density at radius 1 is 1.10 bits per heavy atom. The molecule has 1 saturated heterocycles. The Hall–Kier alpha value is -3.00. The summed E-state index contributed by atoms with van der Waals surface area (Å²) < 4.78 is 14.2. The van der Waals surface area contributed by atoms with Gasteiger partial charge in [-0.1, -0.05) is 6.42 Å².